The van der Waals surface area contributed by atoms with E-state index in [-0.39, 0.29) is 5.97 Å². The van der Waals surface area contributed by atoms with Gasteiger partial charge in [0.05, 0.1) is 18.8 Å². The molecule has 0 spiro atoms. The number of ether oxygens (including phenoxy) is 1. The van der Waals surface area contributed by atoms with Crippen LogP contribution in [-0.2, 0) is 9.53 Å². The van der Waals surface area contributed by atoms with Crippen molar-refractivity contribution < 1.29 is 9.53 Å². The zero-order valence-corrected chi connectivity index (χ0v) is 13.1. The van der Waals surface area contributed by atoms with Gasteiger partial charge in [0.25, 0.3) is 0 Å². The number of hydrogen-bond donors (Lipinski definition) is 0. The van der Waals surface area contributed by atoms with Gasteiger partial charge in [-0.1, -0.05) is 36.4 Å². The van der Waals surface area contributed by atoms with Crippen LogP contribution in [0.2, 0.25) is 0 Å². The zero-order chi connectivity index (χ0) is 14.9. The Labute approximate surface area is 127 Å². The summed E-state index contributed by atoms with van der Waals surface area (Å²) in [6.45, 7) is 2.29. The molecule has 3 heteroatoms. The largest absolute Gasteiger partial charge is 0.466 e. The molecule has 0 saturated heterocycles. The van der Waals surface area contributed by atoms with E-state index in [2.05, 4.69) is 54.3 Å². The Morgan fingerprint density at radius 3 is 2.00 bits per heavy atom. The van der Waals surface area contributed by atoms with Crippen LogP contribution in [0, 0.1) is 0 Å². The fourth-order valence-corrected chi connectivity index (χ4v) is 4.18. The fraction of sp³-hybridized carbons (Fsp3) is 0.222. The maximum absolute atomic E-state index is 11.5. The van der Waals surface area contributed by atoms with Crippen LogP contribution in [0.25, 0.3) is 0 Å². The van der Waals surface area contributed by atoms with Crippen molar-refractivity contribution in [2.24, 2.45) is 0 Å². The lowest BCUT2D eigenvalue weighted by molar-refractivity contribution is -0.142. The predicted molar refractivity (Wildman–Crippen MR) is 91.0 cm³/mol. The van der Waals surface area contributed by atoms with Crippen molar-refractivity contribution >= 4 is 29.9 Å². The minimum Gasteiger partial charge on any atom is -0.466 e. The molecular formula is C18H20O2P+. The third kappa shape index (κ3) is 4.84. The molecule has 0 amide bonds. The number of hydrogen-bond acceptors (Lipinski definition) is 2. The molecule has 2 rings (SSSR count). The van der Waals surface area contributed by atoms with E-state index in [1.807, 2.05) is 19.1 Å². The first-order valence-corrected chi connectivity index (χ1v) is 8.60. The first kappa shape index (κ1) is 15.5. The molecule has 0 aromatic heterocycles. The van der Waals surface area contributed by atoms with Gasteiger partial charge in [-0.2, -0.15) is 0 Å². The van der Waals surface area contributed by atoms with Crippen LogP contribution in [0.4, 0.5) is 0 Å². The first-order valence-electron chi connectivity index (χ1n) is 7.19. The lowest BCUT2D eigenvalue weighted by Crippen LogP contribution is -2.09. The van der Waals surface area contributed by atoms with Gasteiger partial charge >= 0.3 is 5.97 Å². The molecular weight excluding hydrogens is 279 g/mol. The van der Waals surface area contributed by atoms with Gasteiger partial charge in [0, 0.05) is 6.42 Å². The second-order valence-corrected chi connectivity index (χ2v) is 6.71. The van der Waals surface area contributed by atoms with E-state index in [4.69, 9.17) is 4.74 Å². The quantitative estimate of drug-likeness (QED) is 0.604. The van der Waals surface area contributed by atoms with E-state index < -0.39 is 7.55 Å². The molecule has 108 valence electrons. The van der Waals surface area contributed by atoms with Crippen molar-refractivity contribution in [3.05, 3.63) is 60.7 Å². The molecule has 0 aliphatic rings. The minimum atomic E-state index is -0.524. The molecule has 0 aliphatic heterocycles. The Bertz CT molecular complexity index is 550. The zero-order valence-electron chi connectivity index (χ0n) is 12.2. The van der Waals surface area contributed by atoms with Gasteiger partial charge in [-0.15, -0.1) is 0 Å². The highest BCUT2D eigenvalue weighted by atomic mass is 31.1. The van der Waals surface area contributed by atoms with Gasteiger partial charge < -0.3 is 4.74 Å². The first-order chi connectivity index (χ1) is 10.3. The van der Waals surface area contributed by atoms with Crippen LogP contribution in [-0.4, -0.2) is 18.4 Å². The van der Waals surface area contributed by atoms with E-state index in [0.29, 0.717) is 13.0 Å². The van der Waals surface area contributed by atoms with Gasteiger partial charge in [-0.25, -0.2) is 0 Å². The summed E-state index contributed by atoms with van der Waals surface area (Å²) in [5, 5.41) is 2.62. The Morgan fingerprint density at radius 2 is 1.52 bits per heavy atom. The average Bonchev–Trinajstić information content (AvgIpc) is 2.53. The molecule has 21 heavy (non-hydrogen) atoms. The van der Waals surface area contributed by atoms with Crippen LogP contribution in [0.5, 0.6) is 0 Å². The van der Waals surface area contributed by atoms with Gasteiger partial charge in [-0.05, 0) is 31.2 Å². The Kier molecular flexibility index (Phi) is 6.18. The summed E-state index contributed by atoms with van der Waals surface area (Å²) in [6.07, 6.45) is 1.20. The van der Waals surface area contributed by atoms with Gasteiger partial charge in [-0.3, -0.25) is 4.79 Å². The van der Waals surface area contributed by atoms with E-state index in [9.17, 15) is 4.79 Å². The van der Waals surface area contributed by atoms with Crippen LogP contribution >= 0.6 is 7.55 Å². The molecule has 2 nitrogen and oxygen atoms in total. The molecule has 0 fully saturated rings. The van der Waals surface area contributed by atoms with Crippen LogP contribution in [0.15, 0.2) is 60.7 Å². The molecule has 0 bridgehead atoms. The lowest BCUT2D eigenvalue weighted by atomic mass is 10.3. The molecule has 0 heterocycles. The van der Waals surface area contributed by atoms with E-state index in [1.54, 1.807) is 0 Å². The third-order valence-corrected chi connectivity index (χ3v) is 5.37. The summed E-state index contributed by atoms with van der Waals surface area (Å²) in [5.41, 5.74) is 0. The standard InChI is InChI=1S/C18H20O2P/c1-2-20-18(19)14-9-15-21(16-10-5-3-6-11-16)17-12-7-4-8-13-17/h3-8,10-13,15H,2,9,14H2,1H3/q+1. The van der Waals surface area contributed by atoms with Crippen molar-refractivity contribution in [2.75, 3.05) is 6.61 Å². The topological polar surface area (TPSA) is 26.3 Å². The summed E-state index contributed by atoms with van der Waals surface area (Å²) >= 11 is 0. The van der Waals surface area contributed by atoms with Crippen molar-refractivity contribution in [3.8, 4) is 0 Å². The maximum Gasteiger partial charge on any atom is 0.306 e. The number of rotatable bonds is 6. The van der Waals surface area contributed by atoms with Crippen molar-refractivity contribution in [1.29, 1.82) is 0 Å². The highest BCUT2D eigenvalue weighted by Gasteiger charge is 2.17. The van der Waals surface area contributed by atoms with Gasteiger partial charge in [0.2, 0.25) is 0 Å². The van der Waals surface area contributed by atoms with Crippen LogP contribution in [0.3, 0.4) is 0 Å². The number of esters is 1. The molecule has 2 aromatic rings. The molecule has 2 aromatic carbocycles. The molecule has 0 aliphatic carbocycles. The predicted octanol–water partition coefficient (Wildman–Crippen LogP) is 3.26. The van der Waals surface area contributed by atoms with Crippen LogP contribution < -0.4 is 10.6 Å². The monoisotopic (exact) mass is 299 g/mol. The average molecular weight is 299 g/mol. The molecule has 0 atom stereocenters. The van der Waals surface area contributed by atoms with Crippen molar-refractivity contribution in [1.82, 2.24) is 0 Å². The maximum atomic E-state index is 11.5. The Balaban J connectivity index is 2.19. The second-order valence-electron chi connectivity index (χ2n) is 4.57. The Morgan fingerprint density at radius 1 is 1.00 bits per heavy atom. The summed E-state index contributed by atoms with van der Waals surface area (Å²) in [5.74, 6) is 2.14. The number of carbonyl (C=O) groups is 1. The second kappa shape index (κ2) is 8.39. The number of carbonyl (C=O) groups excluding carboxylic acids is 1. The molecule has 0 unspecified atom stereocenters. The van der Waals surface area contributed by atoms with Crippen molar-refractivity contribution in [3.63, 3.8) is 0 Å². The molecule has 0 radical (unpaired) electrons. The van der Waals surface area contributed by atoms with E-state index in [1.165, 1.54) is 10.6 Å². The van der Waals surface area contributed by atoms with E-state index >= 15 is 0 Å². The fourth-order valence-electron chi connectivity index (χ4n) is 2.08. The smallest absolute Gasteiger partial charge is 0.306 e. The molecule has 0 N–H and O–H groups in total. The highest BCUT2D eigenvalue weighted by molar-refractivity contribution is 7.72. The summed E-state index contributed by atoms with van der Waals surface area (Å²) in [4.78, 5) is 11.5. The lowest BCUT2D eigenvalue weighted by Gasteiger charge is -1.99. The Hall–Kier alpha value is -1.92. The van der Waals surface area contributed by atoms with Crippen LogP contribution in [0.1, 0.15) is 19.8 Å². The van der Waals surface area contributed by atoms with Crippen molar-refractivity contribution in [2.45, 2.75) is 19.8 Å². The SMILES string of the molecule is CCOC(=O)CCC=[P+](c1ccccc1)c1ccccc1. The summed E-state index contributed by atoms with van der Waals surface area (Å²) in [7, 11) is -0.524. The van der Waals surface area contributed by atoms with Gasteiger partial charge in [0.1, 0.15) is 0 Å². The normalized spacial score (nSPS) is 9.95. The number of benzene rings is 2. The summed E-state index contributed by atoms with van der Waals surface area (Å²) < 4.78 is 4.98. The van der Waals surface area contributed by atoms with Gasteiger partial charge in [0.15, 0.2) is 18.2 Å². The van der Waals surface area contributed by atoms with E-state index in [0.717, 1.165) is 6.42 Å². The minimum absolute atomic E-state index is 0.121. The highest BCUT2D eigenvalue weighted by Crippen LogP contribution is 2.21. The third-order valence-electron chi connectivity index (χ3n) is 3.03. The molecule has 0 saturated carbocycles. The summed E-state index contributed by atoms with van der Waals surface area (Å²) in [6, 6.07) is 20.9.